The number of amides is 1. The van der Waals surface area contributed by atoms with E-state index in [-0.39, 0.29) is 11.9 Å². The van der Waals surface area contributed by atoms with Crippen molar-refractivity contribution in [2.45, 2.75) is 38.3 Å². The van der Waals surface area contributed by atoms with Gasteiger partial charge in [-0.3, -0.25) is 4.79 Å². The molecule has 1 aliphatic heterocycles. The van der Waals surface area contributed by atoms with Gasteiger partial charge in [0.05, 0.1) is 6.04 Å². The summed E-state index contributed by atoms with van der Waals surface area (Å²) < 4.78 is 0. The zero-order valence-electron chi connectivity index (χ0n) is 10.3. The van der Waals surface area contributed by atoms with Crippen molar-refractivity contribution in [3.63, 3.8) is 0 Å². The number of hydrogen-bond acceptors (Lipinski definition) is 2. The van der Waals surface area contributed by atoms with Crippen LogP contribution in [0.15, 0.2) is 30.3 Å². The molecule has 2 atom stereocenters. The second-order valence-electron chi connectivity index (χ2n) is 4.70. The highest BCUT2D eigenvalue weighted by Crippen LogP contribution is 2.13. The topological polar surface area (TPSA) is 41.1 Å². The molecule has 92 valence electrons. The maximum atomic E-state index is 11.8. The minimum Gasteiger partial charge on any atom is -0.350 e. The number of nitrogens with one attached hydrogen (secondary N) is 2. The lowest BCUT2D eigenvalue weighted by molar-refractivity contribution is -0.122. The summed E-state index contributed by atoms with van der Waals surface area (Å²) in [6.45, 7) is 3.07. The molecule has 1 fully saturated rings. The lowest BCUT2D eigenvalue weighted by Crippen LogP contribution is -2.33. The van der Waals surface area contributed by atoms with Crippen LogP contribution in [-0.2, 0) is 4.79 Å². The molecular weight excluding hydrogens is 212 g/mol. The van der Waals surface area contributed by atoms with Crippen molar-refractivity contribution in [1.82, 2.24) is 10.6 Å². The van der Waals surface area contributed by atoms with E-state index < -0.39 is 0 Å². The first-order valence-electron chi connectivity index (χ1n) is 6.33. The summed E-state index contributed by atoms with van der Waals surface area (Å²) in [4.78, 5) is 11.8. The van der Waals surface area contributed by atoms with Crippen LogP contribution < -0.4 is 10.6 Å². The van der Waals surface area contributed by atoms with Crippen molar-refractivity contribution < 1.29 is 4.79 Å². The molecule has 1 heterocycles. The monoisotopic (exact) mass is 232 g/mol. The van der Waals surface area contributed by atoms with Gasteiger partial charge in [0.2, 0.25) is 5.91 Å². The van der Waals surface area contributed by atoms with Crippen LogP contribution in [0.1, 0.15) is 37.8 Å². The van der Waals surface area contributed by atoms with E-state index >= 15 is 0 Å². The summed E-state index contributed by atoms with van der Waals surface area (Å²) in [6.07, 6.45) is 2.90. The quantitative estimate of drug-likeness (QED) is 0.833. The number of rotatable bonds is 4. The van der Waals surface area contributed by atoms with Crippen LogP contribution in [0.5, 0.6) is 0 Å². The van der Waals surface area contributed by atoms with Crippen LogP contribution in [0.3, 0.4) is 0 Å². The molecule has 0 saturated carbocycles. The largest absolute Gasteiger partial charge is 0.350 e. The predicted molar refractivity (Wildman–Crippen MR) is 68.6 cm³/mol. The van der Waals surface area contributed by atoms with Gasteiger partial charge < -0.3 is 10.6 Å². The Morgan fingerprint density at radius 3 is 2.88 bits per heavy atom. The van der Waals surface area contributed by atoms with Gasteiger partial charge in [0.15, 0.2) is 0 Å². The summed E-state index contributed by atoms with van der Waals surface area (Å²) in [6, 6.07) is 10.5. The molecule has 1 aliphatic rings. The summed E-state index contributed by atoms with van der Waals surface area (Å²) in [5.41, 5.74) is 1.15. The molecule has 0 bridgehead atoms. The molecule has 0 aliphatic carbocycles. The van der Waals surface area contributed by atoms with Gasteiger partial charge in [0, 0.05) is 12.5 Å². The maximum Gasteiger partial charge on any atom is 0.222 e. The highest BCUT2D eigenvalue weighted by atomic mass is 16.1. The minimum absolute atomic E-state index is 0.0881. The van der Waals surface area contributed by atoms with Crippen molar-refractivity contribution in [3.8, 4) is 0 Å². The van der Waals surface area contributed by atoms with E-state index in [0.717, 1.165) is 18.5 Å². The van der Waals surface area contributed by atoms with Crippen LogP contribution >= 0.6 is 0 Å². The smallest absolute Gasteiger partial charge is 0.222 e. The molecule has 2 N–H and O–H groups in total. The molecule has 1 aromatic rings. The summed E-state index contributed by atoms with van der Waals surface area (Å²) in [5.74, 6) is 0.140. The van der Waals surface area contributed by atoms with Crippen LogP contribution in [0.2, 0.25) is 0 Å². The fraction of sp³-hybridized carbons (Fsp3) is 0.500. The summed E-state index contributed by atoms with van der Waals surface area (Å²) in [7, 11) is 0. The van der Waals surface area contributed by atoms with Crippen LogP contribution in [0.25, 0.3) is 0 Å². The van der Waals surface area contributed by atoms with Gasteiger partial charge in [0.1, 0.15) is 0 Å². The molecule has 17 heavy (non-hydrogen) atoms. The van der Waals surface area contributed by atoms with Crippen molar-refractivity contribution >= 4 is 5.91 Å². The van der Waals surface area contributed by atoms with Crippen LogP contribution in [0.4, 0.5) is 0 Å². The Morgan fingerprint density at radius 1 is 1.47 bits per heavy atom. The number of benzene rings is 1. The number of carbonyl (C=O) groups is 1. The molecule has 3 nitrogen and oxygen atoms in total. The second kappa shape index (κ2) is 5.82. The molecule has 1 saturated heterocycles. The van der Waals surface area contributed by atoms with E-state index in [0.29, 0.717) is 12.5 Å². The molecule has 1 unspecified atom stereocenters. The van der Waals surface area contributed by atoms with Gasteiger partial charge in [-0.2, -0.15) is 0 Å². The standard InChI is InChI=1S/C14H20N2O/c1-11(12-6-3-2-4-7-12)16-14(17)10-13-8-5-9-15-13/h2-4,6-7,11,13,15H,5,8-10H2,1H3,(H,16,17)/t11-,13?/m1/s1. The van der Waals surface area contributed by atoms with E-state index in [4.69, 9.17) is 0 Å². The van der Waals surface area contributed by atoms with E-state index in [1.807, 2.05) is 37.3 Å². The average molecular weight is 232 g/mol. The zero-order chi connectivity index (χ0) is 12.1. The Bertz CT molecular complexity index is 358. The normalized spacial score (nSPS) is 21.1. The van der Waals surface area contributed by atoms with Crippen molar-refractivity contribution in [2.24, 2.45) is 0 Å². The Morgan fingerprint density at radius 2 is 2.24 bits per heavy atom. The third-order valence-electron chi connectivity index (χ3n) is 3.27. The molecule has 0 radical (unpaired) electrons. The summed E-state index contributed by atoms with van der Waals surface area (Å²) in [5, 5.41) is 6.38. The lowest BCUT2D eigenvalue weighted by atomic mass is 10.1. The third kappa shape index (κ3) is 3.56. The first-order chi connectivity index (χ1) is 8.25. The highest BCUT2D eigenvalue weighted by Gasteiger charge is 2.18. The molecule has 2 rings (SSSR count). The Kier molecular flexibility index (Phi) is 4.15. The lowest BCUT2D eigenvalue weighted by Gasteiger charge is -2.16. The van der Waals surface area contributed by atoms with E-state index in [1.54, 1.807) is 0 Å². The Labute approximate surface area is 103 Å². The van der Waals surface area contributed by atoms with E-state index in [2.05, 4.69) is 10.6 Å². The Hall–Kier alpha value is -1.35. The first kappa shape index (κ1) is 12.1. The predicted octanol–water partition coefficient (Wildman–Crippen LogP) is 2.01. The number of carbonyl (C=O) groups excluding carboxylic acids is 1. The minimum atomic E-state index is 0.0881. The molecule has 0 spiro atoms. The first-order valence-corrected chi connectivity index (χ1v) is 6.33. The van der Waals surface area contributed by atoms with Gasteiger partial charge in [-0.25, -0.2) is 0 Å². The van der Waals surface area contributed by atoms with Crippen LogP contribution in [0, 0.1) is 0 Å². The van der Waals surface area contributed by atoms with E-state index in [1.165, 1.54) is 6.42 Å². The van der Waals surface area contributed by atoms with Crippen LogP contribution in [-0.4, -0.2) is 18.5 Å². The average Bonchev–Trinajstić information content (AvgIpc) is 2.82. The molecule has 1 amide bonds. The Balaban J connectivity index is 1.81. The second-order valence-corrected chi connectivity index (χ2v) is 4.70. The van der Waals surface area contributed by atoms with Crippen molar-refractivity contribution in [3.05, 3.63) is 35.9 Å². The van der Waals surface area contributed by atoms with Gasteiger partial charge in [-0.05, 0) is 31.9 Å². The van der Waals surface area contributed by atoms with Gasteiger partial charge >= 0.3 is 0 Å². The molecule has 0 aromatic heterocycles. The molecule has 3 heteroatoms. The van der Waals surface area contributed by atoms with Gasteiger partial charge in [0.25, 0.3) is 0 Å². The summed E-state index contributed by atoms with van der Waals surface area (Å²) >= 11 is 0. The third-order valence-corrected chi connectivity index (χ3v) is 3.27. The fourth-order valence-electron chi connectivity index (χ4n) is 2.28. The van der Waals surface area contributed by atoms with Crippen molar-refractivity contribution in [1.29, 1.82) is 0 Å². The molecule has 1 aromatic carbocycles. The van der Waals surface area contributed by atoms with Crippen molar-refractivity contribution in [2.75, 3.05) is 6.54 Å². The highest BCUT2D eigenvalue weighted by molar-refractivity contribution is 5.77. The molecular formula is C14H20N2O. The zero-order valence-corrected chi connectivity index (χ0v) is 10.3. The fourth-order valence-corrected chi connectivity index (χ4v) is 2.28. The van der Waals surface area contributed by atoms with E-state index in [9.17, 15) is 4.79 Å². The number of hydrogen-bond donors (Lipinski definition) is 2. The van der Waals surface area contributed by atoms with Gasteiger partial charge in [-0.15, -0.1) is 0 Å². The van der Waals surface area contributed by atoms with Gasteiger partial charge in [-0.1, -0.05) is 30.3 Å². The maximum absolute atomic E-state index is 11.8. The SMILES string of the molecule is C[C@@H](NC(=O)CC1CCCN1)c1ccccc1.